The van der Waals surface area contributed by atoms with Crippen molar-refractivity contribution in [3.05, 3.63) is 54.1 Å². The third kappa shape index (κ3) is 4.92. The molecule has 1 aliphatic rings. The number of ether oxygens (including phenoxy) is 2. The number of rotatable bonds is 5. The van der Waals surface area contributed by atoms with Crippen LogP contribution in [0, 0.1) is 0 Å². The van der Waals surface area contributed by atoms with Gasteiger partial charge in [-0.25, -0.2) is 0 Å². The van der Waals surface area contributed by atoms with Gasteiger partial charge in [-0.3, -0.25) is 14.4 Å². The van der Waals surface area contributed by atoms with E-state index in [9.17, 15) is 14.4 Å². The van der Waals surface area contributed by atoms with E-state index in [1.165, 1.54) is 13.0 Å². The van der Waals surface area contributed by atoms with E-state index in [4.69, 9.17) is 9.47 Å². The molecular weight excluding hydrogens is 348 g/mol. The Kier molecular flexibility index (Phi) is 5.83. The summed E-state index contributed by atoms with van der Waals surface area (Å²) in [4.78, 5) is 35.9. The van der Waals surface area contributed by atoms with Gasteiger partial charge in [0.05, 0.1) is 11.4 Å². The number of benzene rings is 2. The van der Waals surface area contributed by atoms with Crippen molar-refractivity contribution in [2.24, 2.45) is 0 Å². The normalized spacial score (nSPS) is 15.8. The Balaban J connectivity index is 1.72. The Hall–Kier alpha value is -3.19. The minimum Gasteiger partial charge on any atom is -0.427 e. The molecule has 27 heavy (non-hydrogen) atoms. The summed E-state index contributed by atoms with van der Waals surface area (Å²) in [6.45, 7) is 1.87. The van der Waals surface area contributed by atoms with Gasteiger partial charge in [0.15, 0.2) is 0 Å². The summed E-state index contributed by atoms with van der Waals surface area (Å²) in [7, 11) is 0. The van der Waals surface area contributed by atoms with E-state index >= 15 is 0 Å². The SMILES string of the molecule is CC(=O)Oc1cccc(C(=O)Nc2ccccc2NC(=O)C2CCCO2)c1. The first-order valence-corrected chi connectivity index (χ1v) is 8.64. The standard InChI is InChI=1S/C20H20N2O5/c1-13(23)27-15-7-4-6-14(12-15)19(24)21-16-8-2-3-9-17(16)22-20(25)18-10-5-11-26-18/h2-4,6-9,12,18H,5,10-11H2,1H3,(H,21,24)(H,22,25). The molecule has 0 radical (unpaired) electrons. The topological polar surface area (TPSA) is 93.7 Å². The molecule has 0 saturated carbocycles. The van der Waals surface area contributed by atoms with Gasteiger partial charge in [-0.05, 0) is 43.2 Å². The minimum absolute atomic E-state index is 0.231. The fraction of sp³-hybridized carbons (Fsp3) is 0.250. The third-order valence-corrected chi connectivity index (χ3v) is 4.01. The smallest absolute Gasteiger partial charge is 0.308 e. The molecular formula is C20H20N2O5. The van der Waals surface area contributed by atoms with E-state index in [-0.39, 0.29) is 17.6 Å². The average Bonchev–Trinajstić information content (AvgIpc) is 3.18. The van der Waals surface area contributed by atoms with Crippen LogP contribution in [0.2, 0.25) is 0 Å². The summed E-state index contributed by atoms with van der Waals surface area (Å²) in [6, 6.07) is 13.2. The minimum atomic E-state index is -0.464. The van der Waals surface area contributed by atoms with Crippen LogP contribution in [0.4, 0.5) is 11.4 Å². The van der Waals surface area contributed by atoms with Crippen LogP contribution in [0.3, 0.4) is 0 Å². The molecule has 0 spiro atoms. The highest BCUT2D eigenvalue weighted by molar-refractivity contribution is 6.07. The summed E-state index contributed by atoms with van der Waals surface area (Å²) in [5.74, 6) is -0.793. The predicted octanol–water partition coefficient (Wildman–Crippen LogP) is 2.98. The molecule has 1 heterocycles. The number of carbonyl (C=O) groups is 3. The molecule has 2 aromatic rings. The second-order valence-corrected chi connectivity index (χ2v) is 6.11. The molecule has 3 rings (SSSR count). The van der Waals surface area contributed by atoms with E-state index in [0.29, 0.717) is 30.0 Å². The van der Waals surface area contributed by atoms with Crippen molar-refractivity contribution >= 4 is 29.2 Å². The van der Waals surface area contributed by atoms with E-state index < -0.39 is 12.1 Å². The zero-order valence-corrected chi connectivity index (χ0v) is 14.9. The van der Waals surface area contributed by atoms with Crippen LogP contribution in [0.15, 0.2) is 48.5 Å². The number of hydrogen-bond donors (Lipinski definition) is 2. The first-order chi connectivity index (χ1) is 13.0. The molecule has 7 heteroatoms. The molecule has 1 saturated heterocycles. The maximum absolute atomic E-state index is 12.6. The van der Waals surface area contributed by atoms with Gasteiger partial charge in [-0.2, -0.15) is 0 Å². The second kappa shape index (κ2) is 8.46. The van der Waals surface area contributed by atoms with Gasteiger partial charge in [0.2, 0.25) is 0 Å². The summed E-state index contributed by atoms with van der Waals surface area (Å²) >= 11 is 0. The average molecular weight is 368 g/mol. The molecule has 7 nitrogen and oxygen atoms in total. The Morgan fingerprint density at radius 1 is 1.04 bits per heavy atom. The van der Waals surface area contributed by atoms with Crippen LogP contribution in [-0.2, 0) is 14.3 Å². The van der Waals surface area contributed by atoms with Crippen molar-refractivity contribution in [2.45, 2.75) is 25.9 Å². The van der Waals surface area contributed by atoms with Crippen LogP contribution < -0.4 is 15.4 Å². The van der Waals surface area contributed by atoms with Crippen molar-refractivity contribution in [2.75, 3.05) is 17.2 Å². The van der Waals surface area contributed by atoms with Crippen LogP contribution in [0.5, 0.6) is 5.75 Å². The van der Waals surface area contributed by atoms with E-state index in [0.717, 1.165) is 6.42 Å². The fourth-order valence-electron chi connectivity index (χ4n) is 2.76. The van der Waals surface area contributed by atoms with Crippen molar-refractivity contribution in [3.63, 3.8) is 0 Å². The van der Waals surface area contributed by atoms with Gasteiger partial charge >= 0.3 is 5.97 Å². The second-order valence-electron chi connectivity index (χ2n) is 6.11. The maximum Gasteiger partial charge on any atom is 0.308 e. The molecule has 2 amide bonds. The quantitative estimate of drug-likeness (QED) is 0.625. The summed E-state index contributed by atoms with van der Waals surface area (Å²) in [5, 5.41) is 5.57. The van der Waals surface area contributed by atoms with Gasteiger partial charge in [-0.15, -0.1) is 0 Å². The molecule has 1 atom stereocenters. The number of nitrogens with one attached hydrogen (secondary N) is 2. The Labute approximate surface area is 156 Å². The fourth-order valence-corrected chi connectivity index (χ4v) is 2.76. The monoisotopic (exact) mass is 368 g/mol. The number of anilines is 2. The summed E-state index contributed by atoms with van der Waals surface area (Å²) < 4.78 is 10.4. The molecule has 1 unspecified atom stereocenters. The lowest BCUT2D eigenvalue weighted by molar-refractivity contribution is -0.131. The predicted molar refractivity (Wildman–Crippen MR) is 99.7 cm³/mol. The highest BCUT2D eigenvalue weighted by Crippen LogP contribution is 2.24. The van der Waals surface area contributed by atoms with Crippen molar-refractivity contribution < 1.29 is 23.9 Å². The van der Waals surface area contributed by atoms with Crippen LogP contribution in [0.1, 0.15) is 30.1 Å². The Bertz CT molecular complexity index is 859. The van der Waals surface area contributed by atoms with Crippen LogP contribution in [-0.4, -0.2) is 30.5 Å². The molecule has 1 aliphatic heterocycles. The zero-order valence-electron chi connectivity index (χ0n) is 14.9. The highest BCUT2D eigenvalue weighted by Gasteiger charge is 2.24. The van der Waals surface area contributed by atoms with E-state index in [1.54, 1.807) is 42.5 Å². The molecule has 2 aromatic carbocycles. The molecule has 140 valence electrons. The maximum atomic E-state index is 12.6. The number of carbonyl (C=O) groups excluding carboxylic acids is 3. The third-order valence-electron chi connectivity index (χ3n) is 4.01. The van der Waals surface area contributed by atoms with Crippen LogP contribution in [0.25, 0.3) is 0 Å². The van der Waals surface area contributed by atoms with E-state index in [1.807, 2.05) is 0 Å². The first kappa shape index (κ1) is 18.6. The molecule has 0 bridgehead atoms. The summed E-state index contributed by atoms with van der Waals surface area (Å²) in [5.41, 5.74) is 1.28. The van der Waals surface area contributed by atoms with Gasteiger partial charge in [0.25, 0.3) is 11.8 Å². The molecule has 0 aliphatic carbocycles. The lowest BCUT2D eigenvalue weighted by Gasteiger charge is -2.15. The highest BCUT2D eigenvalue weighted by atomic mass is 16.5. The number of esters is 1. The Morgan fingerprint density at radius 2 is 1.78 bits per heavy atom. The first-order valence-electron chi connectivity index (χ1n) is 8.64. The van der Waals surface area contributed by atoms with Gasteiger partial charge in [0, 0.05) is 19.1 Å². The van der Waals surface area contributed by atoms with Gasteiger partial charge < -0.3 is 20.1 Å². The van der Waals surface area contributed by atoms with Gasteiger partial charge in [0.1, 0.15) is 11.9 Å². The largest absolute Gasteiger partial charge is 0.427 e. The lowest BCUT2D eigenvalue weighted by Crippen LogP contribution is -2.27. The Morgan fingerprint density at radius 3 is 2.44 bits per heavy atom. The number of para-hydroxylation sites is 2. The lowest BCUT2D eigenvalue weighted by atomic mass is 10.1. The zero-order chi connectivity index (χ0) is 19.2. The van der Waals surface area contributed by atoms with Crippen molar-refractivity contribution in [3.8, 4) is 5.75 Å². The van der Waals surface area contributed by atoms with Crippen LogP contribution >= 0.6 is 0 Å². The molecule has 1 fully saturated rings. The van der Waals surface area contributed by atoms with Gasteiger partial charge in [-0.1, -0.05) is 18.2 Å². The van der Waals surface area contributed by atoms with Crippen molar-refractivity contribution in [1.29, 1.82) is 0 Å². The number of amides is 2. The number of hydrogen-bond acceptors (Lipinski definition) is 5. The summed E-state index contributed by atoms with van der Waals surface area (Å²) in [6.07, 6.45) is 1.08. The molecule has 2 N–H and O–H groups in total. The molecule has 0 aromatic heterocycles. The van der Waals surface area contributed by atoms with Crippen molar-refractivity contribution in [1.82, 2.24) is 0 Å². The van der Waals surface area contributed by atoms with E-state index in [2.05, 4.69) is 10.6 Å².